The molecule has 12 heavy (non-hydrogen) atoms. The number of aromatic nitrogens is 2. The molecule has 0 saturated heterocycles. The van der Waals surface area contributed by atoms with E-state index in [0.717, 1.165) is 16.7 Å². The fraction of sp³-hybridized carbons (Fsp3) is 0.125. The summed E-state index contributed by atoms with van der Waals surface area (Å²) in [4.78, 5) is 4.03. The number of nitrogens with zero attached hydrogens (tertiary/aromatic N) is 2. The monoisotopic (exact) mass is 180 g/mol. The topological polar surface area (TPSA) is 29.9 Å². The number of para-hydroxylation sites is 1. The van der Waals surface area contributed by atoms with Crippen molar-refractivity contribution in [3.63, 3.8) is 0 Å². The van der Waals surface area contributed by atoms with Crippen molar-refractivity contribution in [3.8, 4) is 0 Å². The number of hydrogen-bond acceptors (Lipinski definition) is 2. The van der Waals surface area contributed by atoms with Gasteiger partial charge in [-0.15, -0.1) is 0 Å². The second kappa shape index (κ2) is 2.68. The number of nitrogens with one attached hydrogen (secondary N) is 1. The largest absolute Gasteiger partial charge is 0.386 e. The third kappa shape index (κ3) is 0.940. The molecule has 0 unspecified atom stereocenters. The van der Waals surface area contributed by atoms with Gasteiger partial charge in [-0.1, -0.05) is 6.07 Å². The minimum absolute atomic E-state index is 0.843. The molecule has 61 valence electrons. The Labute approximate surface area is 75.1 Å². The zero-order valence-electron chi connectivity index (χ0n) is 6.50. The molecule has 0 atom stereocenters. The fourth-order valence-electron chi connectivity index (χ4n) is 1.16. The predicted octanol–water partition coefficient (Wildman–Crippen LogP) is 1.88. The lowest BCUT2D eigenvalue weighted by atomic mass is 10.3. The maximum Gasteiger partial charge on any atom is 0.193 e. The summed E-state index contributed by atoms with van der Waals surface area (Å²) < 4.78 is 1.36. The van der Waals surface area contributed by atoms with Crippen LogP contribution < -0.4 is 5.32 Å². The molecular formula is C8H7ClN3. The summed E-state index contributed by atoms with van der Waals surface area (Å²) in [7, 11) is 1.85. The smallest absolute Gasteiger partial charge is 0.193 e. The van der Waals surface area contributed by atoms with Crippen LogP contribution in [0.1, 0.15) is 0 Å². The van der Waals surface area contributed by atoms with E-state index in [2.05, 4.69) is 16.6 Å². The van der Waals surface area contributed by atoms with Crippen LogP contribution >= 0.6 is 11.8 Å². The molecular weight excluding hydrogens is 174 g/mol. The molecule has 2 rings (SSSR count). The van der Waals surface area contributed by atoms with Crippen LogP contribution in [0.25, 0.3) is 11.0 Å². The van der Waals surface area contributed by atoms with Gasteiger partial charge in [0.25, 0.3) is 0 Å². The SMILES string of the molecule is CNc1cccc2c1n[c]n2Cl. The van der Waals surface area contributed by atoms with Crippen molar-refractivity contribution in [1.29, 1.82) is 0 Å². The van der Waals surface area contributed by atoms with Crippen LogP contribution in [0.3, 0.4) is 0 Å². The summed E-state index contributed by atoms with van der Waals surface area (Å²) in [5.41, 5.74) is 2.67. The Hall–Kier alpha value is -1.22. The van der Waals surface area contributed by atoms with Crippen molar-refractivity contribution in [2.24, 2.45) is 0 Å². The molecule has 0 aliphatic rings. The van der Waals surface area contributed by atoms with Gasteiger partial charge in [0.15, 0.2) is 6.33 Å². The number of fused-ring (bicyclic) bond motifs is 1. The van der Waals surface area contributed by atoms with Crippen LogP contribution in [0.15, 0.2) is 18.2 Å². The molecule has 1 aromatic heterocycles. The van der Waals surface area contributed by atoms with Gasteiger partial charge in [0.1, 0.15) is 5.52 Å². The Balaban J connectivity index is 2.81. The van der Waals surface area contributed by atoms with Gasteiger partial charge in [0.05, 0.1) is 11.2 Å². The highest BCUT2D eigenvalue weighted by Crippen LogP contribution is 2.21. The average Bonchev–Trinajstić information content (AvgIpc) is 2.48. The molecule has 0 fully saturated rings. The molecule has 0 aliphatic carbocycles. The zero-order chi connectivity index (χ0) is 8.55. The van der Waals surface area contributed by atoms with E-state index < -0.39 is 0 Å². The van der Waals surface area contributed by atoms with Gasteiger partial charge in [0.2, 0.25) is 0 Å². The predicted molar refractivity (Wildman–Crippen MR) is 49.4 cm³/mol. The van der Waals surface area contributed by atoms with E-state index in [4.69, 9.17) is 11.8 Å². The van der Waals surface area contributed by atoms with Crippen molar-refractivity contribution in [2.75, 3.05) is 12.4 Å². The Morgan fingerprint density at radius 1 is 1.58 bits per heavy atom. The molecule has 1 aromatic carbocycles. The lowest BCUT2D eigenvalue weighted by Gasteiger charge is -1.99. The molecule has 1 heterocycles. The molecule has 4 heteroatoms. The fourth-order valence-corrected chi connectivity index (χ4v) is 1.33. The average molecular weight is 181 g/mol. The van der Waals surface area contributed by atoms with Gasteiger partial charge < -0.3 is 5.32 Å². The van der Waals surface area contributed by atoms with Gasteiger partial charge in [-0.2, -0.15) is 0 Å². The van der Waals surface area contributed by atoms with E-state index in [1.165, 1.54) is 4.09 Å². The normalized spacial score (nSPS) is 10.5. The number of imidazole rings is 1. The van der Waals surface area contributed by atoms with Crippen LogP contribution in [-0.4, -0.2) is 16.1 Å². The first-order chi connectivity index (χ1) is 5.83. The Morgan fingerprint density at radius 3 is 3.17 bits per heavy atom. The first-order valence-corrected chi connectivity index (χ1v) is 3.90. The quantitative estimate of drug-likeness (QED) is 0.726. The minimum atomic E-state index is 0.843. The second-order valence-corrected chi connectivity index (χ2v) is 2.75. The molecule has 0 amide bonds. The number of rotatable bonds is 1. The standard InChI is InChI=1S/C8H7ClN3/c1-10-6-3-2-4-7-8(6)11-5-12(7)9/h2-4,10H,1H3. The molecule has 1 N–H and O–H groups in total. The highest BCUT2D eigenvalue weighted by atomic mass is 35.5. The molecule has 0 bridgehead atoms. The molecule has 1 radical (unpaired) electrons. The van der Waals surface area contributed by atoms with Crippen molar-refractivity contribution < 1.29 is 0 Å². The summed E-state index contributed by atoms with van der Waals surface area (Å²) in [5, 5.41) is 3.03. The van der Waals surface area contributed by atoms with Gasteiger partial charge in [-0.05, 0) is 12.1 Å². The van der Waals surface area contributed by atoms with E-state index in [1.807, 2.05) is 25.2 Å². The molecule has 3 nitrogen and oxygen atoms in total. The molecule has 0 spiro atoms. The van der Waals surface area contributed by atoms with Crippen molar-refractivity contribution in [2.45, 2.75) is 0 Å². The maximum atomic E-state index is 5.77. The molecule has 0 saturated carbocycles. The Bertz CT molecular complexity index is 408. The summed E-state index contributed by atoms with van der Waals surface area (Å²) >= 11 is 5.77. The minimum Gasteiger partial charge on any atom is -0.386 e. The number of benzene rings is 1. The number of hydrogen-bond donors (Lipinski definition) is 1. The van der Waals surface area contributed by atoms with Crippen LogP contribution in [0.5, 0.6) is 0 Å². The van der Waals surface area contributed by atoms with Crippen LogP contribution in [0.2, 0.25) is 0 Å². The van der Waals surface area contributed by atoms with E-state index in [0.29, 0.717) is 0 Å². The third-order valence-electron chi connectivity index (χ3n) is 1.75. The van der Waals surface area contributed by atoms with E-state index in [9.17, 15) is 0 Å². The van der Waals surface area contributed by atoms with Crippen molar-refractivity contribution in [1.82, 2.24) is 9.07 Å². The molecule has 2 aromatic rings. The lowest BCUT2D eigenvalue weighted by molar-refractivity contribution is 1.23. The van der Waals surface area contributed by atoms with Gasteiger partial charge in [-0.3, -0.25) is 0 Å². The van der Waals surface area contributed by atoms with Crippen LogP contribution in [0, 0.1) is 6.33 Å². The Kier molecular flexibility index (Phi) is 1.66. The summed E-state index contributed by atoms with van der Waals surface area (Å²) in [5.74, 6) is 0. The maximum absolute atomic E-state index is 5.77. The highest BCUT2D eigenvalue weighted by molar-refractivity contribution is 6.19. The van der Waals surface area contributed by atoms with Gasteiger partial charge in [-0.25, -0.2) is 9.07 Å². The van der Waals surface area contributed by atoms with Gasteiger partial charge in [0, 0.05) is 18.8 Å². The van der Waals surface area contributed by atoms with E-state index in [-0.39, 0.29) is 0 Å². The highest BCUT2D eigenvalue weighted by Gasteiger charge is 2.03. The number of anilines is 1. The first-order valence-electron chi connectivity index (χ1n) is 3.56. The lowest BCUT2D eigenvalue weighted by Crippen LogP contribution is -1.88. The van der Waals surface area contributed by atoms with Gasteiger partial charge >= 0.3 is 0 Å². The number of halogens is 1. The summed E-state index contributed by atoms with van der Waals surface area (Å²) in [6, 6.07) is 5.76. The summed E-state index contributed by atoms with van der Waals surface area (Å²) in [6.45, 7) is 0. The van der Waals surface area contributed by atoms with E-state index >= 15 is 0 Å². The third-order valence-corrected chi connectivity index (χ3v) is 2.00. The van der Waals surface area contributed by atoms with Crippen LogP contribution in [0.4, 0.5) is 5.69 Å². The van der Waals surface area contributed by atoms with E-state index in [1.54, 1.807) is 0 Å². The van der Waals surface area contributed by atoms with Crippen LogP contribution in [-0.2, 0) is 0 Å². The Morgan fingerprint density at radius 2 is 2.42 bits per heavy atom. The second-order valence-electron chi connectivity index (χ2n) is 2.42. The summed E-state index contributed by atoms with van der Waals surface area (Å²) in [6.07, 6.45) is 2.64. The van der Waals surface area contributed by atoms with Crippen molar-refractivity contribution >= 4 is 28.5 Å². The molecule has 0 aliphatic heterocycles. The zero-order valence-corrected chi connectivity index (χ0v) is 7.26. The van der Waals surface area contributed by atoms with Crippen molar-refractivity contribution in [3.05, 3.63) is 24.5 Å². The first kappa shape index (κ1) is 7.43.